The van der Waals surface area contributed by atoms with E-state index in [1.165, 1.54) is 0 Å². The van der Waals surface area contributed by atoms with Gasteiger partial charge in [-0.25, -0.2) is 13.1 Å². The first kappa shape index (κ1) is 15.3. The summed E-state index contributed by atoms with van der Waals surface area (Å²) in [5, 5.41) is 3.33. The third-order valence-electron chi connectivity index (χ3n) is 3.23. The number of nitrogens with zero attached hydrogens (tertiary/aromatic N) is 1. The van der Waals surface area contributed by atoms with Crippen LogP contribution in [0.1, 0.15) is 20.3 Å². The fraction of sp³-hybridized carbons (Fsp3) is 0.571. The highest BCUT2D eigenvalue weighted by Gasteiger charge is 2.22. The van der Waals surface area contributed by atoms with E-state index < -0.39 is 10.0 Å². The summed E-state index contributed by atoms with van der Waals surface area (Å²) in [6.45, 7) is 7.23. The third kappa shape index (κ3) is 3.71. The van der Waals surface area contributed by atoms with Crippen molar-refractivity contribution >= 4 is 15.7 Å². The zero-order valence-corrected chi connectivity index (χ0v) is 12.9. The average molecular weight is 297 g/mol. The van der Waals surface area contributed by atoms with E-state index in [0.717, 1.165) is 38.3 Å². The Balaban J connectivity index is 2.34. The highest BCUT2D eigenvalue weighted by atomic mass is 32.2. The van der Waals surface area contributed by atoms with Gasteiger partial charge < -0.3 is 10.2 Å². The van der Waals surface area contributed by atoms with Gasteiger partial charge in [-0.05, 0) is 38.9 Å². The second-order valence-corrected chi connectivity index (χ2v) is 7.02. The van der Waals surface area contributed by atoms with E-state index in [2.05, 4.69) is 14.9 Å². The molecule has 5 nitrogen and oxygen atoms in total. The lowest BCUT2D eigenvalue weighted by Gasteiger charge is -2.25. The number of rotatable bonds is 4. The number of hydrogen-bond donors (Lipinski definition) is 2. The minimum Gasteiger partial charge on any atom is -0.369 e. The van der Waals surface area contributed by atoms with Crippen molar-refractivity contribution in [2.75, 3.05) is 31.1 Å². The number of benzene rings is 1. The summed E-state index contributed by atoms with van der Waals surface area (Å²) >= 11 is 0. The topological polar surface area (TPSA) is 61.4 Å². The molecule has 2 N–H and O–H groups in total. The highest BCUT2D eigenvalue weighted by molar-refractivity contribution is 7.89. The number of hydrogen-bond acceptors (Lipinski definition) is 4. The normalized spacial score (nSPS) is 17.2. The zero-order valence-electron chi connectivity index (χ0n) is 12.1. The number of sulfonamides is 1. The minimum absolute atomic E-state index is 0.112. The zero-order chi connectivity index (χ0) is 14.6. The van der Waals surface area contributed by atoms with Crippen LogP contribution in [0.5, 0.6) is 0 Å². The van der Waals surface area contributed by atoms with Crippen molar-refractivity contribution in [3.05, 3.63) is 24.3 Å². The summed E-state index contributed by atoms with van der Waals surface area (Å²) < 4.78 is 27.5. The number of anilines is 1. The number of nitrogens with one attached hydrogen (secondary N) is 2. The molecule has 0 bridgehead atoms. The van der Waals surface area contributed by atoms with Crippen molar-refractivity contribution in [2.45, 2.75) is 31.2 Å². The largest absolute Gasteiger partial charge is 0.369 e. The maximum atomic E-state index is 12.4. The van der Waals surface area contributed by atoms with Crippen molar-refractivity contribution in [1.82, 2.24) is 10.0 Å². The molecule has 6 heteroatoms. The van der Waals surface area contributed by atoms with Crippen molar-refractivity contribution < 1.29 is 8.42 Å². The van der Waals surface area contributed by atoms with Gasteiger partial charge in [0.15, 0.2) is 0 Å². The van der Waals surface area contributed by atoms with Crippen LogP contribution in [0.4, 0.5) is 5.69 Å². The third-order valence-corrected chi connectivity index (χ3v) is 4.93. The van der Waals surface area contributed by atoms with Gasteiger partial charge in [0.2, 0.25) is 10.0 Å². The van der Waals surface area contributed by atoms with Crippen LogP contribution in [0.2, 0.25) is 0 Å². The standard InChI is InChI=1S/C14H23N3O2S/c1-12(2)16-20(18,19)14-7-4-3-6-13(14)17-10-5-8-15-9-11-17/h3-4,6-7,12,15-16H,5,8-11H2,1-2H3. The summed E-state index contributed by atoms with van der Waals surface area (Å²) in [6, 6.07) is 7.12. The van der Waals surface area contributed by atoms with Gasteiger partial charge in [-0.15, -0.1) is 0 Å². The molecule has 0 aromatic heterocycles. The molecule has 20 heavy (non-hydrogen) atoms. The summed E-state index contributed by atoms with van der Waals surface area (Å²) in [5.41, 5.74) is 0.796. The molecule has 1 aromatic rings. The maximum absolute atomic E-state index is 12.4. The molecule has 0 spiro atoms. The summed E-state index contributed by atoms with van der Waals surface area (Å²) in [7, 11) is -3.46. The smallest absolute Gasteiger partial charge is 0.242 e. The lowest BCUT2D eigenvalue weighted by Crippen LogP contribution is -2.33. The van der Waals surface area contributed by atoms with Crippen LogP contribution in [-0.4, -0.2) is 40.6 Å². The number of para-hydroxylation sites is 1. The highest BCUT2D eigenvalue weighted by Crippen LogP contribution is 2.25. The van der Waals surface area contributed by atoms with Gasteiger partial charge in [-0.2, -0.15) is 0 Å². The molecule has 0 radical (unpaired) electrons. The quantitative estimate of drug-likeness (QED) is 0.876. The van der Waals surface area contributed by atoms with Crippen LogP contribution in [0.15, 0.2) is 29.2 Å². The van der Waals surface area contributed by atoms with Gasteiger partial charge in [0.25, 0.3) is 0 Å². The van der Waals surface area contributed by atoms with Crippen LogP contribution >= 0.6 is 0 Å². The monoisotopic (exact) mass is 297 g/mol. The molecule has 0 atom stereocenters. The van der Waals surface area contributed by atoms with E-state index in [4.69, 9.17) is 0 Å². The van der Waals surface area contributed by atoms with Crippen LogP contribution in [0.3, 0.4) is 0 Å². The minimum atomic E-state index is -3.46. The SMILES string of the molecule is CC(C)NS(=O)(=O)c1ccccc1N1CCCNCC1. The fourth-order valence-electron chi connectivity index (χ4n) is 2.41. The maximum Gasteiger partial charge on any atom is 0.242 e. The van der Waals surface area contributed by atoms with Gasteiger partial charge >= 0.3 is 0 Å². The van der Waals surface area contributed by atoms with Gasteiger partial charge in [-0.3, -0.25) is 0 Å². The van der Waals surface area contributed by atoms with Crippen molar-refractivity contribution in [2.24, 2.45) is 0 Å². The van der Waals surface area contributed by atoms with Crippen molar-refractivity contribution in [1.29, 1.82) is 0 Å². The average Bonchev–Trinajstić information content (AvgIpc) is 2.66. The Bertz CT molecular complexity index is 535. The Morgan fingerprint density at radius 2 is 1.95 bits per heavy atom. The molecule has 0 amide bonds. The second-order valence-electron chi connectivity index (χ2n) is 5.33. The predicted molar refractivity (Wildman–Crippen MR) is 81.6 cm³/mol. The van der Waals surface area contributed by atoms with E-state index in [-0.39, 0.29) is 6.04 Å². The molecule has 1 aliphatic rings. The Hall–Kier alpha value is -1.11. The van der Waals surface area contributed by atoms with Gasteiger partial charge in [-0.1, -0.05) is 12.1 Å². The molecule has 2 rings (SSSR count). The Morgan fingerprint density at radius 3 is 2.70 bits per heavy atom. The van der Waals surface area contributed by atoms with E-state index >= 15 is 0 Å². The Morgan fingerprint density at radius 1 is 1.20 bits per heavy atom. The molecule has 1 aliphatic heterocycles. The van der Waals surface area contributed by atoms with Crippen LogP contribution in [0.25, 0.3) is 0 Å². The van der Waals surface area contributed by atoms with Crippen molar-refractivity contribution in [3.8, 4) is 0 Å². The first-order chi connectivity index (χ1) is 9.50. The van der Waals surface area contributed by atoms with Crippen LogP contribution in [-0.2, 0) is 10.0 Å². The molecule has 0 aliphatic carbocycles. The van der Waals surface area contributed by atoms with Gasteiger partial charge in [0.1, 0.15) is 4.90 Å². The van der Waals surface area contributed by atoms with E-state index in [0.29, 0.717) is 4.90 Å². The van der Waals surface area contributed by atoms with Gasteiger partial charge in [0.05, 0.1) is 5.69 Å². The van der Waals surface area contributed by atoms with E-state index in [9.17, 15) is 8.42 Å². The molecule has 112 valence electrons. The molecule has 1 aromatic carbocycles. The molecular weight excluding hydrogens is 274 g/mol. The first-order valence-electron chi connectivity index (χ1n) is 7.08. The van der Waals surface area contributed by atoms with Crippen LogP contribution in [0, 0.1) is 0 Å². The Kier molecular flexibility index (Phi) is 5.01. The van der Waals surface area contributed by atoms with E-state index in [1.807, 2.05) is 26.0 Å². The summed E-state index contributed by atoms with van der Waals surface area (Å²) in [5.74, 6) is 0. The lowest BCUT2D eigenvalue weighted by atomic mass is 10.2. The molecule has 1 fully saturated rings. The molecule has 1 heterocycles. The van der Waals surface area contributed by atoms with Gasteiger partial charge in [0, 0.05) is 25.7 Å². The second kappa shape index (κ2) is 6.56. The van der Waals surface area contributed by atoms with Crippen LogP contribution < -0.4 is 14.9 Å². The van der Waals surface area contributed by atoms with E-state index in [1.54, 1.807) is 12.1 Å². The first-order valence-corrected chi connectivity index (χ1v) is 8.56. The Labute approximate surface area is 121 Å². The molecule has 1 saturated heterocycles. The lowest BCUT2D eigenvalue weighted by molar-refractivity contribution is 0.569. The molecule has 0 unspecified atom stereocenters. The van der Waals surface area contributed by atoms with Crippen molar-refractivity contribution in [3.63, 3.8) is 0 Å². The molecule has 0 saturated carbocycles. The summed E-state index contributed by atoms with van der Waals surface area (Å²) in [4.78, 5) is 2.52. The summed E-state index contributed by atoms with van der Waals surface area (Å²) in [6.07, 6.45) is 1.02. The predicted octanol–water partition coefficient (Wildman–Crippen LogP) is 1.17. The fourth-order valence-corrected chi connectivity index (χ4v) is 3.88. The molecular formula is C14H23N3O2S.